The SMILES string of the molecule is CCc1nnc(Cn2nnc(C(=O)OC)c2CCN)o1. The molecule has 0 saturated heterocycles. The first-order valence-corrected chi connectivity index (χ1v) is 6.21. The van der Waals surface area contributed by atoms with Crippen LogP contribution in [0.4, 0.5) is 0 Å². The van der Waals surface area contributed by atoms with Crippen molar-refractivity contribution in [2.75, 3.05) is 13.7 Å². The summed E-state index contributed by atoms with van der Waals surface area (Å²) in [4.78, 5) is 11.6. The molecule has 0 fully saturated rings. The van der Waals surface area contributed by atoms with Crippen molar-refractivity contribution >= 4 is 5.97 Å². The molecule has 0 aromatic carbocycles. The number of nitrogens with zero attached hydrogens (tertiary/aromatic N) is 5. The summed E-state index contributed by atoms with van der Waals surface area (Å²) in [6, 6.07) is 0. The third-order valence-corrected chi connectivity index (χ3v) is 2.69. The first kappa shape index (κ1) is 14.1. The summed E-state index contributed by atoms with van der Waals surface area (Å²) < 4.78 is 11.6. The zero-order valence-electron chi connectivity index (χ0n) is 11.4. The Morgan fingerprint density at radius 3 is 2.70 bits per heavy atom. The van der Waals surface area contributed by atoms with Gasteiger partial charge in [0.1, 0.15) is 6.54 Å². The number of methoxy groups -OCH3 is 1. The number of carbonyl (C=O) groups is 1. The van der Waals surface area contributed by atoms with E-state index in [0.717, 1.165) is 0 Å². The van der Waals surface area contributed by atoms with E-state index < -0.39 is 5.97 Å². The van der Waals surface area contributed by atoms with Gasteiger partial charge in [-0.05, 0) is 6.54 Å². The molecule has 0 amide bonds. The number of hydrogen-bond acceptors (Lipinski definition) is 8. The van der Waals surface area contributed by atoms with Gasteiger partial charge in [0.15, 0.2) is 5.69 Å². The molecule has 2 aromatic heterocycles. The van der Waals surface area contributed by atoms with Crippen LogP contribution in [0.5, 0.6) is 0 Å². The van der Waals surface area contributed by atoms with E-state index in [-0.39, 0.29) is 12.2 Å². The van der Waals surface area contributed by atoms with Crippen molar-refractivity contribution in [2.24, 2.45) is 5.73 Å². The van der Waals surface area contributed by atoms with E-state index in [4.69, 9.17) is 10.2 Å². The minimum Gasteiger partial charge on any atom is -0.464 e. The molecule has 0 unspecified atom stereocenters. The minimum atomic E-state index is -0.542. The quantitative estimate of drug-likeness (QED) is 0.706. The lowest BCUT2D eigenvalue weighted by molar-refractivity contribution is 0.0592. The summed E-state index contributed by atoms with van der Waals surface area (Å²) in [6.07, 6.45) is 1.11. The Kier molecular flexibility index (Phi) is 4.41. The van der Waals surface area contributed by atoms with E-state index in [0.29, 0.717) is 36.9 Å². The predicted octanol–water partition coefficient (Wildman–Crippen LogP) is -0.440. The molecule has 0 saturated carbocycles. The second-order valence-corrected chi connectivity index (χ2v) is 4.02. The molecule has 0 aliphatic heterocycles. The Hall–Kier alpha value is -2.29. The molecule has 0 bridgehead atoms. The molecule has 0 spiro atoms. The normalized spacial score (nSPS) is 10.8. The molecule has 20 heavy (non-hydrogen) atoms. The number of aromatic nitrogens is 5. The monoisotopic (exact) mass is 280 g/mol. The van der Waals surface area contributed by atoms with Gasteiger partial charge in [0.2, 0.25) is 11.8 Å². The van der Waals surface area contributed by atoms with Gasteiger partial charge in [-0.25, -0.2) is 9.48 Å². The minimum absolute atomic E-state index is 0.160. The maximum absolute atomic E-state index is 11.6. The van der Waals surface area contributed by atoms with E-state index in [1.54, 1.807) is 0 Å². The Morgan fingerprint density at radius 1 is 1.35 bits per heavy atom. The Bertz CT molecular complexity index is 591. The van der Waals surface area contributed by atoms with Gasteiger partial charge in [0.05, 0.1) is 12.8 Å². The Labute approximate surface area is 115 Å². The van der Waals surface area contributed by atoms with Crippen molar-refractivity contribution in [2.45, 2.75) is 26.3 Å². The molecule has 2 rings (SSSR count). The molecule has 2 N–H and O–H groups in total. The summed E-state index contributed by atoms with van der Waals surface area (Å²) in [5.41, 5.74) is 6.30. The van der Waals surface area contributed by atoms with Crippen LogP contribution in [0, 0.1) is 0 Å². The van der Waals surface area contributed by atoms with Crippen molar-refractivity contribution in [1.29, 1.82) is 0 Å². The lowest BCUT2D eigenvalue weighted by Crippen LogP contribution is -2.15. The zero-order valence-corrected chi connectivity index (χ0v) is 11.4. The largest absolute Gasteiger partial charge is 0.464 e. The molecule has 2 heterocycles. The van der Waals surface area contributed by atoms with Crippen molar-refractivity contribution in [3.05, 3.63) is 23.2 Å². The molecule has 0 aliphatic carbocycles. The van der Waals surface area contributed by atoms with Gasteiger partial charge in [0.25, 0.3) is 0 Å². The molecular formula is C11H16N6O3. The predicted molar refractivity (Wildman–Crippen MR) is 66.9 cm³/mol. The average molecular weight is 280 g/mol. The summed E-state index contributed by atoms with van der Waals surface area (Å²) in [6.45, 7) is 2.52. The van der Waals surface area contributed by atoms with E-state index >= 15 is 0 Å². The molecular weight excluding hydrogens is 264 g/mol. The van der Waals surface area contributed by atoms with Gasteiger partial charge in [-0.15, -0.1) is 15.3 Å². The Balaban J connectivity index is 2.26. The van der Waals surface area contributed by atoms with Crippen LogP contribution in [0.15, 0.2) is 4.42 Å². The number of nitrogens with two attached hydrogens (primary N) is 1. The van der Waals surface area contributed by atoms with Crippen molar-refractivity contribution in [1.82, 2.24) is 25.2 Å². The van der Waals surface area contributed by atoms with Crippen LogP contribution in [0.25, 0.3) is 0 Å². The summed E-state index contributed by atoms with van der Waals surface area (Å²) in [7, 11) is 1.29. The highest BCUT2D eigenvalue weighted by Crippen LogP contribution is 2.10. The second-order valence-electron chi connectivity index (χ2n) is 4.02. The first-order chi connectivity index (χ1) is 9.69. The number of carbonyl (C=O) groups excluding carboxylic acids is 1. The summed E-state index contributed by atoms with van der Waals surface area (Å²) in [5.74, 6) is 0.412. The van der Waals surface area contributed by atoms with Crippen LogP contribution in [-0.4, -0.2) is 44.8 Å². The molecule has 9 heteroatoms. The smallest absolute Gasteiger partial charge is 0.360 e. The summed E-state index contributed by atoms with van der Waals surface area (Å²) in [5, 5.41) is 15.5. The zero-order chi connectivity index (χ0) is 14.5. The number of rotatable bonds is 6. The van der Waals surface area contributed by atoms with Crippen LogP contribution < -0.4 is 5.73 Å². The third-order valence-electron chi connectivity index (χ3n) is 2.69. The highest BCUT2D eigenvalue weighted by Gasteiger charge is 2.20. The number of esters is 1. The van der Waals surface area contributed by atoms with Gasteiger partial charge in [-0.1, -0.05) is 12.1 Å². The first-order valence-electron chi connectivity index (χ1n) is 6.21. The molecule has 0 atom stereocenters. The molecule has 0 aliphatic rings. The second kappa shape index (κ2) is 6.24. The van der Waals surface area contributed by atoms with Gasteiger partial charge >= 0.3 is 5.97 Å². The van der Waals surface area contributed by atoms with Crippen molar-refractivity contribution in [3.63, 3.8) is 0 Å². The van der Waals surface area contributed by atoms with Gasteiger partial charge in [-0.3, -0.25) is 0 Å². The number of hydrogen-bond donors (Lipinski definition) is 1. The number of ether oxygens (including phenoxy) is 1. The van der Waals surface area contributed by atoms with Crippen LogP contribution in [0.1, 0.15) is 34.9 Å². The Morgan fingerprint density at radius 2 is 2.10 bits per heavy atom. The van der Waals surface area contributed by atoms with Gasteiger partial charge in [0, 0.05) is 12.8 Å². The third kappa shape index (κ3) is 2.82. The lowest BCUT2D eigenvalue weighted by atomic mass is 10.2. The standard InChI is InChI=1S/C11H16N6O3/c1-3-8-13-14-9(20-8)6-17-7(4-5-12)10(15-16-17)11(18)19-2/h3-6,12H2,1-2H3. The maximum atomic E-state index is 11.6. The summed E-state index contributed by atoms with van der Waals surface area (Å²) >= 11 is 0. The highest BCUT2D eigenvalue weighted by atomic mass is 16.5. The van der Waals surface area contributed by atoms with E-state index in [1.165, 1.54) is 11.8 Å². The average Bonchev–Trinajstić information content (AvgIpc) is 3.07. The molecule has 9 nitrogen and oxygen atoms in total. The highest BCUT2D eigenvalue weighted by molar-refractivity contribution is 5.88. The van der Waals surface area contributed by atoms with E-state index in [1.807, 2.05) is 6.92 Å². The van der Waals surface area contributed by atoms with Gasteiger partial charge < -0.3 is 14.9 Å². The van der Waals surface area contributed by atoms with Crippen LogP contribution in [0.2, 0.25) is 0 Å². The van der Waals surface area contributed by atoms with Crippen molar-refractivity contribution < 1.29 is 13.9 Å². The van der Waals surface area contributed by atoms with Crippen molar-refractivity contribution in [3.8, 4) is 0 Å². The molecule has 108 valence electrons. The molecule has 0 radical (unpaired) electrons. The maximum Gasteiger partial charge on any atom is 0.360 e. The van der Waals surface area contributed by atoms with Crippen LogP contribution >= 0.6 is 0 Å². The lowest BCUT2D eigenvalue weighted by Gasteiger charge is -2.03. The van der Waals surface area contributed by atoms with E-state index in [2.05, 4.69) is 25.2 Å². The number of aryl methyl sites for hydroxylation is 1. The fourth-order valence-corrected chi connectivity index (χ4v) is 1.72. The van der Waals surface area contributed by atoms with E-state index in [9.17, 15) is 4.79 Å². The molecule has 2 aromatic rings. The van der Waals surface area contributed by atoms with Gasteiger partial charge in [-0.2, -0.15) is 0 Å². The fraction of sp³-hybridized carbons (Fsp3) is 0.545. The van der Waals surface area contributed by atoms with Crippen LogP contribution in [0.3, 0.4) is 0 Å². The fourth-order valence-electron chi connectivity index (χ4n) is 1.72. The van der Waals surface area contributed by atoms with Crippen LogP contribution in [-0.2, 0) is 24.1 Å². The topological polar surface area (TPSA) is 122 Å².